The van der Waals surface area contributed by atoms with E-state index in [4.69, 9.17) is 16.3 Å². The average molecular weight is 265 g/mol. The summed E-state index contributed by atoms with van der Waals surface area (Å²) in [5, 5.41) is 8.69. The van der Waals surface area contributed by atoms with Gasteiger partial charge in [-0.05, 0) is 31.5 Å². The van der Waals surface area contributed by atoms with Gasteiger partial charge in [-0.2, -0.15) is 5.11 Å². The van der Waals surface area contributed by atoms with Gasteiger partial charge in [0, 0.05) is 10.6 Å². The highest BCUT2D eigenvalue weighted by Gasteiger charge is 2.35. The number of azo groups is 1. The first-order valence-corrected chi connectivity index (χ1v) is 5.85. The average Bonchev–Trinajstić information content (AvgIpc) is 2.65. The SMILES string of the molecule is COC(=O)C1=C(c2ccc(Cl)cc2)C(C)(C)N=N1. The van der Waals surface area contributed by atoms with E-state index in [1.54, 1.807) is 12.1 Å². The fourth-order valence-electron chi connectivity index (χ4n) is 1.91. The molecule has 1 aliphatic rings. The highest BCUT2D eigenvalue weighted by molar-refractivity contribution is 6.30. The second-order valence-electron chi connectivity index (χ2n) is 4.48. The molecular weight excluding hydrogens is 252 g/mol. The Morgan fingerprint density at radius 1 is 1.28 bits per heavy atom. The maximum atomic E-state index is 11.7. The molecular formula is C13H13ClN2O2. The summed E-state index contributed by atoms with van der Waals surface area (Å²) in [7, 11) is 1.33. The van der Waals surface area contributed by atoms with Gasteiger partial charge in [-0.3, -0.25) is 0 Å². The van der Waals surface area contributed by atoms with Crippen LogP contribution in [0.3, 0.4) is 0 Å². The number of benzene rings is 1. The minimum atomic E-state index is -0.544. The maximum absolute atomic E-state index is 11.7. The molecule has 1 aromatic rings. The summed E-state index contributed by atoms with van der Waals surface area (Å²) < 4.78 is 4.73. The molecule has 1 heterocycles. The van der Waals surface area contributed by atoms with Crippen molar-refractivity contribution in [3.8, 4) is 0 Å². The van der Waals surface area contributed by atoms with E-state index in [1.807, 2.05) is 26.0 Å². The van der Waals surface area contributed by atoms with E-state index < -0.39 is 11.5 Å². The van der Waals surface area contributed by atoms with Crippen molar-refractivity contribution < 1.29 is 9.53 Å². The van der Waals surface area contributed by atoms with E-state index in [9.17, 15) is 4.79 Å². The van der Waals surface area contributed by atoms with Crippen LogP contribution >= 0.6 is 11.6 Å². The van der Waals surface area contributed by atoms with Crippen LogP contribution in [0.25, 0.3) is 5.57 Å². The van der Waals surface area contributed by atoms with Gasteiger partial charge in [0.1, 0.15) is 5.54 Å². The van der Waals surface area contributed by atoms with Crippen molar-refractivity contribution in [1.29, 1.82) is 0 Å². The highest BCUT2D eigenvalue weighted by Crippen LogP contribution is 2.39. The van der Waals surface area contributed by atoms with Crippen LogP contribution in [0.5, 0.6) is 0 Å². The van der Waals surface area contributed by atoms with Gasteiger partial charge in [0.25, 0.3) is 0 Å². The molecule has 1 aromatic carbocycles. The smallest absolute Gasteiger partial charge is 0.358 e. The van der Waals surface area contributed by atoms with Crippen molar-refractivity contribution in [3.05, 3.63) is 40.5 Å². The van der Waals surface area contributed by atoms with Gasteiger partial charge in [-0.25, -0.2) is 4.79 Å². The lowest BCUT2D eigenvalue weighted by molar-refractivity contribution is -0.136. The van der Waals surface area contributed by atoms with Crippen LogP contribution in [0, 0.1) is 0 Å². The number of hydrogen-bond acceptors (Lipinski definition) is 4. The summed E-state index contributed by atoms with van der Waals surface area (Å²) in [6.07, 6.45) is 0. The van der Waals surface area contributed by atoms with Crippen LogP contribution in [0.4, 0.5) is 0 Å². The Morgan fingerprint density at radius 2 is 1.89 bits per heavy atom. The summed E-state index contributed by atoms with van der Waals surface area (Å²) >= 11 is 5.86. The second-order valence-corrected chi connectivity index (χ2v) is 4.92. The van der Waals surface area contributed by atoms with E-state index in [-0.39, 0.29) is 5.70 Å². The molecule has 18 heavy (non-hydrogen) atoms. The number of esters is 1. The van der Waals surface area contributed by atoms with Crippen LogP contribution in [0.2, 0.25) is 5.02 Å². The van der Waals surface area contributed by atoms with Gasteiger partial charge in [0.05, 0.1) is 7.11 Å². The number of nitrogens with zero attached hydrogens (tertiary/aromatic N) is 2. The van der Waals surface area contributed by atoms with E-state index in [0.717, 1.165) is 11.1 Å². The number of ether oxygens (including phenoxy) is 1. The van der Waals surface area contributed by atoms with Gasteiger partial charge in [-0.1, -0.05) is 23.7 Å². The summed E-state index contributed by atoms with van der Waals surface area (Å²) in [5.74, 6) is -0.478. The Kier molecular flexibility index (Phi) is 3.22. The molecule has 2 rings (SSSR count). The van der Waals surface area contributed by atoms with E-state index in [0.29, 0.717) is 5.02 Å². The first-order valence-electron chi connectivity index (χ1n) is 5.47. The van der Waals surface area contributed by atoms with E-state index in [2.05, 4.69) is 10.2 Å². The molecule has 0 fully saturated rings. The zero-order chi connectivity index (χ0) is 13.3. The summed E-state index contributed by atoms with van der Waals surface area (Å²) in [5.41, 5.74) is 1.34. The Bertz CT molecular complexity index is 545. The normalized spacial score (nSPS) is 17.1. The van der Waals surface area contributed by atoms with Crippen molar-refractivity contribution in [3.63, 3.8) is 0 Å². The lowest BCUT2D eigenvalue weighted by Crippen LogP contribution is -2.18. The number of halogens is 1. The summed E-state index contributed by atoms with van der Waals surface area (Å²) in [4.78, 5) is 11.7. The van der Waals surface area contributed by atoms with Crippen LogP contribution in [-0.2, 0) is 9.53 Å². The van der Waals surface area contributed by atoms with Crippen LogP contribution < -0.4 is 0 Å². The van der Waals surface area contributed by atoms with Gasteiger partial charge < -0.3 is 4.74 Å². The number of carbonyl (C=O) groups excluding carboxylic acids is 1. The number of hydrogen-bond donors (Lipinski definition) is 0. The molecule has 0 radical (unpaired) electrons. The molecule has 0 aromatic heterocycles. The minimum absolute atomic E-state index is 0.254. The summed E-state index contributed by atoms with van der Waals surface area (Å²) in [6, 6.07) is 7.23. The van der Waals surface area contributed by atoms with Gasteiger partial charge in [-0.15, -0.1) is 5.11 Å². The predicted octanol–water partition coefficient (Wildman–Crippen LogP) is 3.47. The third-order valence-corrected chi connectivity index (χ3v) is 3.01. The third-order valence-electron chi connectivity index (χ3n) is 2.76. The molecule has 0 atom stereocenters. The quantitative estimate of drug-likeness (QED) is 0.768. The topological polar surface area (TPSA) is 51.0 Å². The standard InChI is InChI=1S/C13H13ClN2O2/c1-13(2)10(8-4-6-9(14)7-5-8)11(15-16-13)12(17)18-3/h4-7H,1-3H3. The van der Waals surface area contributed by atoms with Crippen molar-refractivity contribution in [1.82, 2.24) is 0 Å². The van der Waals surface area contributed by atoms with Crippen molar-refractivity contribution in [2.45, 2.75) is 19.4 Å². The molecule has 0 saturated carbocycles. The van der Waals surface area contributed by atoms with Crippen LogP contribution in [0.1, 0.15) is 19.4 Å². The Morgan fingerprint density at radius 3 is 2.44 bits per heavy atom. The van der Waals surface area contributed by atoms with Crippen LogP contribution in [0.15, 0.2) is 40.2 Å². The molecule has 0 saturated heterocycles. The molecule has 0 spiro atoms. The van der Waals surface area contributed by atoms with E-state index in [1.165, 1.54) is 7.11 Å². The zero-order valence-corrected chi connectivity index (χ0v) is 11.2. The third kappa shape index (κ3) is 2.16. The van der Waals surface area contributed by atoms with Gasteiger partial charge in [0.2, 0.25) is 0 Å². The predicted molar refractivity (Wildman–Crippen MR) is 69.3 cm³/mol. The maximum Gasteiger partial charge on any atom is 0.358 e. The summed E-state index contributed by atoms with van der Waals surface area (Å²) in [6.45, 7) is 3.80. The lowest BCUT2D eigenvalue weighted by Gasteiger charge is -2.18. The number of carbonyl (C=O) groups is 1. The molecule has 0 aliphatic carbocycles. The first kappa shape index (κ1) is 12.8. The van der Waals surface area contributed by atoms with Crippen molar-refractivity contribution in [2.75, 3.05) is 7.11 Å². The fourth-order valence-corrected chi connectivity index (χ4v) is 2.04. The molecule has 4 nitrogen and oxygen atoms in total. The largest absolute Gasteiger partial charge is 0.464 e. The van der Waals surface area contributed by atoms with Crippen molar-refractivity contribution in [2.24, 2.45) is 10.2 Å². The molecule has 94 valence electrons. The highest BCUT2D eigenvalue weighted by atomic mass is 35.5. The van der Waals surface area contributed by atoms with Crippen LogP contribution in [-0.4, -0.2) is 18.6 Å². The number of methoxy groups -OCH3 is 1. The zero-order valence-electron chi connectivity index (χ0n) is 10.4. The second kappa shape index (κ2) is 4.53. The lowest BCUT2D eigenvalue weighted by atomic mass is 9.88. The Balaban J connectivity index is 2.56. The van der Waals surface area contributed by atoms with Gasteiger partial charge in [0.15, 0.2) is 5.70 Å². The first-order chi connectivity index (χ1) is 8.45. The molecule has 1 aliphatic heterocycles. The van der Waals surface area contributed by atoms with E-state index >= 15 is 0 Å². The fraction of sp³-hybridized carbons (Fsp3) is 0.308. The molecule has 0 N–H and O–H groups in total. The monoisotopic (exact) mass is 264 g/mol. The Hall–Kier alpha value is -1.68. The number of rotatable bonds is 2. The van der Waals surface area contributed by atoms with Crippen molar-refractivity contribution >= 4 is 23.1 Å². The molecule has 0 amide bonds. The van der Waals surface area contributed by atoms with Gasteiger partial charge >= 0.3 is 5.97 Å². The Labute approximate surface area is 110 Å². The molecule has 0 bridgehead atoms. The molecule has 0 unspecified atom stereocenters. The minimum Gasteiger partial charge on any atom is -0.464 e. The molecule has 5 heteroatoms.